The van der Waals surface area contributed by atoms with E-state index in [4.69, 9.17) is 14.0 Å². The Hall–Kier alpha value is -2.30. The summed E-state index contributed by atoms with van der Waals surface area (Å²) in [5.41, 5.74) is -0.158. The van der Waals surface area contributed by atoms with E-state index in [0.717, 1.165) is 13.0 Å². The topological polar surface area (TPSA) is 136 Å². The van der Waals surface area contributed by atoms with Crippen LogP contribution in [-0.4, -0.2) is 49.9 Å². The van der Waals surface area contributed by atoms with Gasteiger partial charge in [-0.05, 0) is 26.0 Å². The van der Waals surface area contributed by atoms with Crippen molar-refractivity contribution in [2.45, 2.75) is 37.4 Å². The summed E-state index contributed by atoms with van der Waals surface area (Å²) in [6.07, 6.45) is -2.77. The Morgan fingerprint density at radius 3 is 2.36 bits per heavy atom. The lowest BCUT2D eigenvalue weighted by Gasteiger charge is -2.17. The van der Waals surface area contributed by atoms with E-state index in [9.17, 15) is 22.8 Å². The summed E-state index contributed by atoms with van der Waals surface area (Å²) in [5, 5.41) is 2.27. The second kappa shape index (κ2) is 8.70. The summed E-state index contributed by atoms with van der Waals surface area (Å²) < 4.78 is 41.4. The molecule has 0 spiro atoms. The van der Waals surface area contributed by atoms with Crippen molar-refractivity contribution in [1.29, 1.82) is 0 Å². The maximum atomic E-state index is 12.1. The van der Waals surface area contributed by atoms with Gasteiger partial charge in [-0.2, -0.15) is 8.42 Å². The number of methoxy groups -OCH3 is 1. The number of nitrogens with one attached hydrogen (secondary N) is 1. The van der Waals surface area contributed by atoms with Gasteiger partial charge in [-0.25, -0.2) is 4.79 Å². The molecule has 10 heteroatoms. The molecule has 0 saturated heterocycles. The molecule has 1 rings (SSSR count). The molecular formula is C15H19NO8S. The molecule has 2 atom stereocenters. The van der Waals surface area contributed by atoms with E-state index in [1.807, 2.05) is 0 Å². The number of hydrogen-bond acceptors (Lipinski definition) is 7. The highest BCUT2D eigenvalue weighted by Gasteiger charge is 2.26. The minimum atomic E-state index is -4.54. The molecule has 138 valence electrons. The Morgan fingerprint density at radius 1 is 1.24 bits per heavy atom. The molecule has 9 nitrogen and oxygen atoms in total. The van der Waals surface area contributed by atoms with Gasteiger partial charge in [0, 0.05) is 7.11 Å². The molecule has 1 aromatic rings. The average Bonchev–Trinajstić information content (AvgIpc) is 2.52. The lowest BCUT2D eigenvalue weighted by molar-refractivity contribution is -0.164. The number of benzene rings is 1. The SMILES string of the molecule is COC(C)C(=O)OC(CC(=O)Nc1ccccc1S(=O)(=O)O)C(C)=O. The highest BCUT2D eigenvalue weighted by Crippen LogP contribution is 2.20. The molecule has 0 fully saturated rings. The van der Waals surface area contributed by atoms with Crippen molar-refractivity contribution in [3.05, 3.63) is 24.3 Å². The van der Waals surface area contributed by atoms with E-state index < -0.39 is 51.3 Å². The van der Waals surface area contributed by atoms with Crippen molar-refractivity contribution in [3.63, 3.8) is 0 Å². The van der Waals surface area contributed by atoms with E-state index >= 15 is 0 Å². The van der Waals surface area contributed by atoms with Crippen molar-refractivity contribution >= 4 is 33.5 Å². The van der Waals surface area contributed by atoms with E-state index in [2.05, 4.69) is 5.32 Å². The number of ether oxygens (including phenoxy) is 2. The number of ketones is 1. The third-order valence-electron chi connectivity index (χ3n) is 3.21. The van der Waals surface area contributed by atoms with Gasteiger partial charge in [-0.1, -0.05) is 12.1 Å². The number of carbonyl (C=O) groups is 3. The third-order valence-corrected chi connectivity index (χ3v) is 4.12. The van der Waals surface area contributed by atoms with Crippen LogP contribution in [0.3, 0.4) is 0 Å². The Bertz CT molecular complexity index is 759. The minimum Gasteiger partial charge on any atom is -0.452 e. The van der Waals surface area contributed by atoms with Crippen LogP contribution in [0.1, 0.15) is 20.3 Å². The summed E-state index contributed by atoms with van der Waals surface area (Å²) in [7, 11) is -3.26. The molecule has 0 aromatic heterocycles. The quantitative estimate of drug-likeness (QED) is 0.504. The zero-order valence-corrected chi connectivity index (χ0v) is 14.7. The minimum absolute atomic E-state index is 0.158. The molecule has 0 radical (unpaired) electrons. The van der Waals surface area contributed by atoms with Crippen LogP contribution in [-0.2, 0) is 34.0 Å². The van der Waals surface area contributed by atoms with Gasteiger partial charge < -0.3 is 14.8 Å². The van der Waals surface area contributed by atoms with Crippen LogP contribution in [0.2, 0.25) is 0 Å². The molecule has 0 aliphatic carbocycles. The lowest BCUT2D eigenvalue weighted by atomic mass is 10.1. The molecule has 1 aromatic carbocycles. The van der Waals surface area contributed by atoms with Gasteiger partial charge in [-0.15, -0.1) is 0 Å². The molecule has 0 heterocycles. The van der Waals surface area contributed by atoms with Crippen LogP contribution in [0, 0.1) is 0 Å². The number of para-hydroxylation sites is 1. The number of esters is 1. The molecule has 25 heavy (non-hydrogen) atoms. The Labute approximate surface area is 145 Å². The summed E-state index contributed by atoms with van der Waals surface area (Å²) in [5.74, 6) is -2.14. The lowest BCUT2D eigenvalue weighted by Crippen LogP contribution is -2.34. The summed E-state index contributed by atoms with van der Waals surface area (Å²) in [6.45, 7) is 2.57. The number of hydrogen-bond donors (Lipinski definition) is 2. The highest BCUT2D eigenvalue weighted by molar-refractivity contribution is 7.86. The molecule has 1 amide bonds. The van der Waals surface area contributed by atoms with Crippen LogP contribution in [0.4, 0.5) is 5.69 Å². The van der Waals surface area contributed by atoms with Gasteiger partial charge >= 0.3 is 5.97 Å². The summed E-state index contributed by atoms with van der Waals surface area (Å²) in [6, 6.07) is 5.19. The zero-order valence-electron chi connectivity index (χ0n) is 13.9. The molecule has 0 saturated carbocycles. The fourth-order valence-electron chi connectivity index (χ4n) is 1.77. The standard InChI is InChI=1S/C15H19NO8S/c1-9(17)12(24-15(19)10(2)23-3)8-14(18)16-11-6-4-5-7-13(11)25(20,21)22/h4-7,10,12H,8H2,1-3H3,(H,16,18)(H,20,21,22). The summed E-state index contributed by atoms with van der Waals surface area (Å²) >= 11 is 0. The third kappa shape index (κ3) is 6.25. The van der Waals surface area contributed by atoms with E-state index in [-0.39, 0.29) is 5.69 Å². The molecule has 0 bridgehead atoms. The first-order valence-corrected chi connectivity index (χ1v) is 8.60. The van der Waals surface area contributed by atoms with Crippen LogP contribution in [0.25, 0.3) is 0 Å². The monoisotopic (exact) mass is 373 g/mol. The number of amides is 1. The maximum absolute atomic E-state index is 12.1. The van der Waals surface area contributed by atoms with Crippen LogP contribution in [0.5, 0.6) is 0 Å². The summed E-state index contributed by atoms with van der Waals surface area (Å²) in [4.78, 5) is 34.8. The van der Waals surface area contributed by atoms with Gasteiger partial charge in [0.05, 0.1) is 12.1 Å². The molecule has 2 N–H and O–H groups in total. The second-order valence-corrected chi connectivity index (χ2v) is 6.53. The van der Waals surface area contributed by atoms with Crippen molar-refractivity contribution in [2.75, 3.05) is 12.4 Å². The zero-order chi connectivity index (χ0) is 19.2. The highest BCUT2D eigenvalue weighted by atomic mass is 32.2. The molecular weight excluding hydrogens is 354 g/mol. The first-order chi connectivity index (χ1) is 11.6. The Morgan fingerprint density at radius 2 is 1.84 bits per heavy atom. The molecule has 0 aliphatic heterocycles. The fraction of sp³-hybridized carbons (Fsp3) is 0.400. The van der Waals surface area contributed by atoms with Gasteiger partial charge in [0.25, 0.3) is 10.1 Å². The van der Waals surface area contributed by atoms with E-state index in [1.54, 1.807) is 0 Å². The van der Waals surface area contributed by atoms with Gasteiger partial charge in [-0.3, -0.25) is 14.1 Å². The number of Topliss-reactive ketones (excluding diaryl/α,β-unsaturated/α-hetero) is 1. The van der Waals surface area contributed by atoms with Crippen LogP contribution in [0.15, 0.2) is 29.2 Å². The normalized spacial score (nSPS) is 13.6. The predicted octanol–water partition coefficient (Wildman–Crippen LogP) is 0.798. The smallest absolute Gasteiger partial charge is 0.335 e. The van der Waals surface area contributed by atoms with Gasteiger partial charge in [0.2, 0.25) is 5.91 Å². The van der Waals surface area contributed by atoms with Crippen LogP contribution < -0.4 is 5.32 Å². The Balaban J connectivity index is 2.87. The van der Waals surface area contributed by atoms with Gasteiger partial charge in [0.15, 0.2) is 18.0 Å². The molecule has 2 unspecified atom stereocenters. The number of rotatable bonds is 8. The second-order valence-electron chi connectivity index (χ2n) is 5.14. The Kier molecular flexibility index (Phi) is 7.22. The average molecular weight is 373 g/mol. The number of anilines is 1. The van der Waals surface area contributed by atoms with Crippen molar-refractivity contribution in [2.24, 2.45) is 0 Å². The molecule has 0 aliphatic rings. The fourth-order valence-corrected chi connectivity index (χ4v) is 2.41. The van der Waals surface area contributed by atoms with E-state index in [1.165, 1.54) is 32.2 Å². The van der Waals surface area contributed by atoms with Crippen molar-refractivity contribution in [3.8, 4) is 0 Å². The van der Waals surface area contributed by atoms with Crippen molar-refractivity contribution in [1.82, 2.24) is 0 Å². The predicted molar refractivity (Wildman–Crippen MR) is 86.5 cm³/mol. The maximum Gasteiger partial charge on any atom is 0.335 e. The van der Waals surface area contributed by atoms with Crippen molar-refractivity contribution < 1.29 is 36.8 Å². The first-order valence-electron chi connectivity index (χ1n) is 7.16. The largest absolute Gasteiger partial charge is 0.452 e. The first kappa shape index (κ1) is 20.7. The van der Waals surface area contributed by atoms with Crippen LogP contribution >= 0.6 is 0 Å². The number of carbonyl (C=O) groups excluding carboxylic acids is 3. The van der Waals surface area contributed by atoms with Gasteiger partial charge in [0.1, 0.15) is 4.90 Å². The van der Waals surface area contributed by atoms with E-state index in [0.29, 0.717) is 0 Å².